The van der Waals surface area contributed by atoms with Gasteiger partial charge in [-0.15, -0.1) is 0 Å². The summed E-state index contributed by atoms with van der Waals surface area (Å²) in [5, 5.41) is 14.0. The zero-order valence-corrected chi connectivity index (χ0v) is 25.7. The molecule has 0 amide bonds. The molecule has 1 aliphatic rings. The summed E-state index contributed by atoms with van der Waals surface area (Å²) in [6.45, 7) is 0.272. The predicted molar refractivity (Wildman–Crippen MR) is 179 cm³/mol. The number of hydrogen-bond acceptors (Lipinski definition) is 3. The third kappa shape index (κ3) is 5.52. The van der Waals surface area contributed by atoms with Gasteiger partial charge >= 0.3 is 12.1 Å². The van der Waals surface area contributed by atoms with Gasteiger partial charge in [0.05, 0.1) is 12.1 Å². The first kappa shape index (κ1) is 30.6. The van der Waals surface area contributed by atoms with Gasteiger partial charge in [0.25, 0.3) is 5.56 Å². The minimum atomic E-state index is -4.62. The van der Waals surface area contributed by atoms with Gasteiger partial charge in [0, 0.05) is 18.5 Å². The number of pyridine rings is 1. The first-order valence-electron chi connectivity index (χ1n) is 15.2. The molecule has 1 N–H and O–H groups in total. The topological polar surface area (TPSA) is 62.5 Å². The Balaban J connectivity index is 1.45. The van der Waals surface area contributed by atoms with Crippen LogP contribution in [0.2, 0.25) is 5.02 Å². The van der Waals surface area contributed by atoms with Crippen LogP contribution < -0.4 is 10.5 Å². The van der Waals surface area contributed by atoms with Gasteiger partial charge in [-0.25, -0.2) is 4.79 Å². The van der Waals surface area contributed by atoms with Crippen molar-refractivity contribution < 1.29 is 23.1 Å². The molecule has 1 aromatic heterocycles. The van der Waals surface area contributed by atoms with Crippen LogP contribution >= 0.6 is 11.6 Å². The number of alkyl halides is 3. The molecule has 47 heavy (non-hydrogen) atoms. The minimum absolute atomic E-state index is 0.0463. The van der Waals surface area contributed by atoms with Crippen molar-refractivity contribution in [3.05, 3.63) is 147 Å². The monoisotopic (exact) mass is 652 g/mol. The maximum absolute atomic E-state index is 14.0. The number of aliphatic carboxylic acids is 1. The fourth-order valence-corrected chi connectivity index (χ4v) is 7.03. The maximum Gasteiger partial charge on any atom is 0.416 e. The largest absolute Gasteiger partial charge is 0.480 e. The molecule has 9 heteroatoms. The summed E-state index contributed by atoms with van der Waals surface area (Å²) in [6.07, 6.45) is -3.98. The molecule has 1 aliphatic heterocycles. The average Bonchev–Trinajstić information content (AvgIpc) is 3.45. The molecule has 0 radical (unpaired) electrons. The van der Waals surface area contributed by atoms with Crippen LogP contribution in [-0.4, -0.2) is 28.7 Å². The van der Waals surface area contributed by atoms with E-state index in [-0.39, 0.29) is 29.4 Å². The zero-order chi connectivity index (χ0) is 32.9. The van der Waals surface area contributed by atoms with Gasteiger partial charge in [-0.2, -0.15) is 13.2 Å². The van der Waals surface area contributed by atoms with E-state index >= 15 is 0 Å². The molecule has 5 nitrogen and oxygen atoms in total. The number of nitrogens with zero attached hydrogens (tertiary/aromatic N) is 2. The Morgan fingerprint density at radius 2 is 1.43 bits per heavy atom. The Kier molecular flexibility index (Phi) is 7.76. The highest BCUT2D eigenvalue weighted by molar-refractivity contribution is 6.32. The standard InChI is InChI=1S/C38H28ClF3N2O3/c39-34-31(21-26-13-6-11-24-9-2-4-17-30(24)26)33(27-14-7-15-28(20-27)38(40,41)42)35-43(22-32(37(46)47)44(35)36(34)45)19-18-25-12-5-10-23-8-1-3-16-29(23)25/h1-17,20,32H,18-19,21-22H2,(H,46,47). The first-order chi connectivity index (χ1) is 22.6. The lowest BCUT2D eigenvalue weighted by molar-refractivity contribution is -0.140. The minimum Gasteiger partial charge on any atom is -0.480 e. The van der Waals surface area contributed by atoms with Crippen LogP contribution in [0.3, 0.4) is 0 Å². The molecule has 5 aromatic carbocycles. The SMILES string of the molecule is O=C(O)C1CN(CCc2cccc3ccccc23)c2c(-c3cccc(C(F)(F)F)c3)c(Cc3cccc4ccccc34)c(Cl)c(=O)n21. The molecule has 1 unspecified atom stereocenters. The Labute approximate surface area is 273 Å². The molecule has 7 rings (SSSR count). The van der Waals surface area contributed by atoms with Crippen LogP contribution in [0.15, 0.2) is 114 Å². The number of carboxylic acids is 1. The molecule has 236 valence electrons. The molecular weight excluding hydrogens is 625 g/mol. The van der Waals surface area contributed by atoms with E-state index < -0.39 is 29.3 Å². The molecule has 0 saturated carbocycles. The van der Waals surface area contributed by atoms with Crippen LogP contribution in [-0.2, 0) is 23.8 Å². The van der Waals surface area contributed by atoms with Crippen LogP contribution in [0.1, 0.15) is 28.3 Å². The van der Waals surface area contributed by atoms with Crippen LogP contribution in [0.4, 0.5) is 19.0 Å². The molecule has 2 heterocycles. The van der Waals surface area contributed by atoms with E-state index in [2.05, 4.69) is 0 Å². The second kappa shape index (κ2) is 11.9. The summed E-state index contributed by atoms with van der Waals surface area (Å²) in [7, 11) is 0. The van der Waals surface area contributed by atoms with Crippen molar-refractivity contribution in [2.45, 2.75) is 25.1 Å². The fraction of sp³-hybridized carbons (Fsp3) is 0.158. The number of rotatable bonds is 7. The smallest absolute Gasteiger partial charge is 0.416 e. The van der Waals surface area contributed by atoms with Crippen molar-refractivity contribution in [2.75, 3.05) is 18.0 Å². The van der Waals surface area contributed by atoms with Crippen molar-refractivity contribution in [1.82, 2.24) is 4.57 Å². The quantitative estimate of drug-likeness (QED) is 0.187. The van der Waals surface area contributed by atoms with E-state index in [9.17, 15) is 27.9 Å². The van der Waals surface area contributed by atoms with Gasteiger partial charge in [-0.3, -0.25) is 9.36 Å². The average molecular weight is 653 g/mol. The second-order valence-corrected chi connectivity index (χ2v) is 12.1. The van der Waals surface area contributed by atoms with Gasteiger partial charge < -0.3 is 10.0 Å². The number of anilines is 1. The number of benzene rings is 5. The highest BCUT2D eigenvalue weighted by Crippen LogP contribution is 2.44. The third-order valence-electron chi connectivity index (χ3n) is 8.97. The fourth-order valence-electron chi connectivity index (χ4n) is 6.78. The number of halogens is 4. The summed E-state index contributed by atoms with van der Waals surface area (Å²) in [5.41, 5.74) is 1.17. The number of carboxylic acid groups (broad SMARTS) is 1. The molecule has 6 aromatic rings. The van der Waals surface area contributed by atoms with Crippen molar-refractivity contribution in [1.29, 1.82) is 0 Å². The van der Waals surface area contributed by atoms with E-state index in [0.29, 0.717) is 24.1 Å². The maximum atomic E-state index is 14.0. The van der Waals surface area contributed by atoms with E-state index in [0.717, 1.165) is 49.4 Å². The molecule has 0 bridgehead atoms. The normalized spacial score (nSPS) is 14.6. The third-order valence-corrected chi connectivity index (χ3v) is 9.36. The first-order valence-corrected chi connectivity index (χ1v) is 15.5. The van der Waals surface area contributed by atoms with Gasteiger partial charge in [0.15, 0.2) is 6.04 Å². The highest BCUT2D eigenvalue weighted by atomic mass is 35.5. The summed E-state index contributed by atoms with van der Waals surface area (Å²) in [5.74, 6) is -0.976. The van der Waals surface area contributed by atoms with Crippen LogP contribution in [0.5, 0.6) is 0 Å². The molecule has 0 fully saturated rings. The van der Waals surface area contributed by atoms with Gasteiger partial charge in [-0.1, -0.05) is 109 Å². The predicted octanol–water partition coefficient (Wildman–Crippen LogP) is 8.77. The number of fused-ring (bicyclic) bond motifs is 3. The lowest BCUT2D eigenvalue weighted by Gasteiger charge is -2.25. The zero-order valence-electron chi connectivity index (χ0n) is 25.0. The van der Waals surface area contributed by atoms with Crippen LogP contribution in [0.25, 0.3) is 32.7 Å². The van der Waals surface area contributed by atoms with E-state index in [1.807, 2.05) is 84.9 Å². The van der Waals surface area contributed by atoms with E-state index in [4.69, 9.17) is 11.6 Å². The number of carbonyl (C=O) groups is 1. The Hall–Kier alpha value is -5.08. The number of hydrogen-bond donors (Lipinski definition) is 1. The van der Waals surface area contributed by atoms with Gasteiger partial charge in [-0.05, 0) is 62.4 Å². The molecular formula is C38H28ClF3N2O3. The van der Waals surface area contributed by atoms with Gasteiger partial charge in [0.2, 0.25) is 0 Å². The summed E-state index contributed by atoms with van der Waals surface area (Å²) >= 11 is 6.85. The second-order valence-electron chi connectivity index (χ2n) is 11.7. The summed E-state index contributed by atoms with van der Waals surface area (Å²) in [4.78, 5) is 28.4. The van der Waals surface area contributed by atoms with E-state index in [1.54, 1.807) is 11.0 Å². The number of aromatic nitrogens is 1. The Morgan fingerprint density at radius 3 is 2.09 bits per heavy atom. The summed E-state index contributed by atoms with van der Waals surface area (Å²) < 4.78 is 43.3. The van der Waals surface area contributed by atoms with Gasteiger partial charge in [0.1, 0.15) is 10.8 Å². The highest BCUT2D eigenvalue weighted by Gasteiger charge is 2.39. The van der Waals surface area contributed by atoms with Crippen molar-refractivity contribution >= 4 is 44.9 Å². The molecule has 0 saturated heterocycles. The van der Waals surface area contributed by atoms with Crippen molar-refractivity contribution in [3.8, 4) is 11.1 Å². The van der Waals surface area contributed by atoms with Crippen molar-refractivity contribution in [3.63, 3.8) is 0 Å². The lowest BCUT2D eigenvalue weighted by Crippen LogP contribution is -2.29. The van der Waals surface area contributed by atoms with E-state index in [1.165, 1.54) is 6.07 Å². The van der Waals surface area contributed by atoms with Crippen molar-refractivity contribution in [2.24, 2.45) is 0 Å². The molecule has 0 spiro atoms. The molecule has 1 atom stereocenters. The lowest BCUT2D eigenvalue weighted by atomic mass is 9.92. The summed E-state index contributed by atoms with van der Waals surface area (Å²) in [6, 6.07) is 31.0. The van der Waals surface area contributed by atoms with Crippen LogP contribution in [0, 0.1) is 0 Å². The Bertz CT molecular complexity index is 2230. The Morgan fingerprint density at radius 1 is 0.830 bits per heavy atom. The molecule has 0 aliphatic carbocycles.